The molecule has 1 aliphatic heterocycles. The van der Waals surface area contributed by atoms with E-state index < -0.39 is 37.1 Å². The van der Waals surface area contributed by atoms with Gasteiger partial charge in [-0.3, -0.25) is 9.69 Å². The number of hydrogen-bond acceptors (Lipinski definition) is 7. The molecule has 164 valence electrons. The van der Waals surface area contributed by atoms with E-state index in [4.69, 9.17) is 4.74 Å². The molecule has 0 spiro atoms. The van der Waals surface area contributed by atoms with Gasteiger partial charge >= 0.3 is 0 Å². The van der Waals surface area contributed by atoms with Gasteiger partial charge in [0.1, 0.15) is 24.4 Å². The number of benzene rings is 1. The van der Waals surface area contributed by atoms with Crippen LogP contribution in [0.15, 0.2) is 24.3 Å². The zero-order chi connectivity index (χ0) is 21.6. The van der Waals surface area contributed by atoms with E-state index in [0.29, 0.717) is 19.0 Å². The topological polar surface area (TPSA) is 122 Å². The second-order valence-corrected chi connectivity index (χ2v) is 8.16. The second kappa shape index (κ2) is 11.0. The van der Waals surface area contributed by atoms with Gasteiger partial charge in [-0.1, -0.05) is 26.0 Å². The van der Waals surface area contributed by atoms with E-state index in [1.807, 2.05) is 24.3 Å². The van der Waals surface area contributed by atoms with Crippen molar-refractivity contribution in [2.24, 2.45) is 5.92 Å². The molecule has 1 aliphatic rings. The maximum atomic E-state index is 11.2. The number of hydrogen-bond donors (Lipinski definition) is 5. The number of nitrogens with one attached hydrogen (secondary N) is 1. The number of carbonyl (C=O) groups is 1. The first-order valence-corrected chi connectivity index (χ1v) is 10.1. The van der Waals surface area contributed by atoms with E-state index >= 15 is 0 Å². The number of nitrogens with zero attached hydrogens (tertiary/aromatic N) is 1. The van der Waals surface area contributed by atoms with Crippen LogP contribution >= 0.6 is 0 Å². The number of rotatable bonds is 9. The van der Waals surface area contributed by atoms with E-state index in [-0.39, 0.29) is 5.91 Å². The van der Waals surface area contributed by atoms with Gasteiger partial charge in [-0.25, -0.2) is 0 Å². The van der Waals surface area contributed by atoms with Gasteiger partial charge in [0.05, 0.1) is 12.7 Å². The Kier molecular flexibility index (Phi) is 9.01. The molecule has 8 nitrogen and oxygen atoms in total. The van der Waals surface area contributed by atoms with Crippen molar-refractivity contribution in [3.05, 3.63) is 29.8 Å². The van der Waals surface area contributed by atoms with Crippen molar-refractivity contribution in [3.8, 4) is 0 Å². The number of aliphatic hydroxyl groups is 4. The molecule has 5 N–H and O–H groups in total. The number of aliphatic hydroxyl groups excluding tert-OH is 4. The zero-order valence-electron chi connectivity index (χ0n) is 17.4. The van der Waals surface area contributed by atoms with E-state index in [1.54, 1.807) is 0 Å². The van der Waals surface area contributed by atoms with Crippen molar-refractivity contribution in [1.82, 2.24) is 4.90 Å². The Balaban J connectivity index is 2.08. The molecule has 1 fully saturated rings. The second-order valence-electron chi connectivity index (χ2n) is 8.16. The zero-order valence-corrected chi connectivity index (χ0v) is 17.4. The molecule has 5 atom stereocenters. The van der Waals surface area contributed by atoms with Crippen LogP contribution in [0.5, 0.6) is 0 Å². The van der Waals surface area contributed by atoms with Crippen LogP contribution in [0.25, 0.3) is 0 Å². The highest BCUT2D eigenvalue weighted by Crippen LogP contribution is 2.23. The molecule has 0 aromatic heterocycles. The monoisotopic (exact) mass is 410 g/mol. The third kappa shape index (κ3) is 7.02. The Morgan fingerprint density at radius 1 is 1.10 bits per heavy atom. The number of anilines is 1. The molecule has 1 aromatic rings. The molecular formula is C21H34N2O6. The van der Waals surface area contributed by atoms with E-state index in [2.05, 4.69) is 24.1 Å². The fraction of sp³-hybridized carbons (Fsp3) is 0.667. The lowest BCUT2D eigenvalue weighted by molar-refractivity contribution is -0.232. The molecule has 1 heterocycles. The van der Waals surface area contributed by atoms with Crippen molar-refractivity contribution in [3.63, 3.8) is 0 Å². The largest absolute Gasteiger partial charge is 0.394 e. The van der Waals surface area contributed by atoms with Crippen LogP contribution in [-0.4, -0.2) is 81.4 Å². The molecule has 0 bridgehead atoms. The third-order valence-corrected chi connectivity index (χ3v) is 5.13. The summed E-state index contributed by atoms with van der Waals surface area (Å²) in [5, 5.41) is 42.5. The molecule has 0 radical (unpaired) electrons. The Morgan fingerprint density at radius 2 is 1.72 bits per heavy atom. The normalized spacial score (nSPS) is 27.4. The van der Waals surface area contributed by atoms with Crippen LogP contribution < -0.4 is 5.32 Å². The van der Waals surface area contributed by atoms with Crippen molar-refractivity contribution >= 4 is 11.6 Å². The molecule has 29 heavy (non-hydrogen) atoms. The molecule has 0 saturated carbocycles. The summed E-state index contributed by atoms with van der Waals surface area (Å²) >= 11 is 0. The lowest BCUT2D eigenvalue weighted by Crippen LogP contribution is -2.60. The van der Waals surface area contributed by atoms with Gasteiger partial charge in [-0.15, -0.1) is 0 Å². The Labute approximate surface area is 172 Å². The van der Waals surface area contributed by atoms with Gasteiger partial charge in [0.2, 0.25) is 5.91 Å². The predicted molar refractivity (Wildman–Crippen MR) is 109 cm³/mol. The first kappa shape index (κ1) is 23.7. The minimum Gasteiger partial charge on any atom is -0.394 e. The summed E-state index contributed by atoms with van der Waals surface area (Å²) in [7, 11) is 0. The van der Waals surface area contributed by atoms with Crippen molar-refractivity contribution in [2.45, 2.75) is 64.3 Å². The average Bonchev–Trinajstić information content (AvgIpc) is 2.67. The quantitative estimate of drug-likeness (QED) is 0.398. The van der Waals surface area contributed by atoms with Crippen LogP contribution in [0, 0.1) is 5.92 Å². The minimum atomic E-state index is -1.37. The summed E-state index contributed by atoms with van der Waals surface area (Å²) in [5.74, 6) is 0.369. The molecular weight excluding hydrogens is 376 g/mol. The molecule has 0 aliphatic carbocycles. The van der Waals surface area contributed by atoms with Crippen LogP contribution in [0.2, 0.25) is 0 Å². The highest BCUT2D eigenvalue weighted by atomic mass is 16.5. The highest BCUT2D eigenvalue weighted by Gasteiger charge is 2.43. The summed E-state index contributed by atoms with van der Waals surface area (Å²) in [6.07, 6.45) is -4.64. The van der Waals surface area contributed by atoms with Gasteiger partial charge in [-0.05, 0) is 36.6 Å². The van der Waals surface area contributed by atoms with E-state index in [0.717, 1.165) is 24.2 Å². The summed E-state index contributed by atoms with van der Waals surface area (Å²) < 4.78 is 5.67. The van der Waals surface area contributed by atoms with Gasteiger partial charge in [0, 0.05) is 25.7 Å². The van der Waals surface area contributed by atoms with Crippen LogP contribution in [-0.2, 0) is 16.1 Å². The molecule has 8 heteroatoms. The van der Waals surface area contributed by atoms with Crippen LogP contribution in [0.4, 0.5) is 5.69 Å². The predicted octanol–water partition coefficient (Wildman–Crippen LogP) is 0.336. The first-order valence-electron chi connectivity index (χ1n) is 10.1. The summed E-state index contributed by atoms with van der Waals surface area (Å²) in [6.45, 7) is 7.01. The molecule has 2 rings (SSSR count). The maximum absolute atomic E-state index is 11.2. The van der Waals surface area contributed by atoms with Gasteiger partial charge in [0.15, 0.2) is 0 Å². The number of ether oxygens (including phenoxy) is 1. The molecule has 0 unspecified atom stereocenters. The minimum absolute atomic E-state index is 0.126. The van der Waals surface area contributed by atoms with Crippen LogP contribution in [0.3, 0.4) is 0 Å². The SMILES string of the molecule is CC(=O)Nc1ccc(CN(CCC(C)C)C[C@@H]2O[C@H](CO)[C@@H](O)[C@H](O)[C@@H]2O)cc1. The Hall–Kier alpha value is -1.55. The van der Waals surface area contributed by atoms with Crippen LogP contribution in [0.1, 0.15) is 32.8 Å². The van der Waals surface area contributed by atoms with Gasteiger partial charge in [0.25, 0.3) is 0 Å². The first-order chi connectivity index (χ1) is 13.7. The van der Waals surface area contributed by atoms with Crippen molar-refractivity contribution in [2.75, 3.05) is 25.0 Å². The maximum Gasteiger partial charge on any atom is 0.221 e. The number of amides is 1. The molecule has 1 aromatic carbocycles. The fourth-order valence-corrected chi connectivity index (χ4v) is 3.41. The van der Waals surface area contributed by atoms with Gasteiger partial charge < -0.3 is 30.5 Å². The van der Waals surface area contributed by atoms with E-state index in [1.165, 1.54) is 6.92 Å². The lowest BCUT2D eigenvalue weighted by atomic mass is 9.94. The highest BCUT2D eigenvalue weighted by molar-refractivity contribution is 5.88. The number of carbonyl (C=O) groups excluding carboxylic acids is 1. The standard InChI is InChI=1S/C21H34N2O6/c1-13(2)8-9-23(10-15-4-6-16(7-5-15)22-14(3)25)11-17-19(26)21(28)20(27)18(12-24)29-17/h4-7,13,17-21,24,26-28H,8-12H2,1-3H3,(H,22,25)/t17-,18+,19+,20+,21+/m0/s1. The summed E-state index contributed by atoms with van der Waals surface area (Å²) in [4.78, 5) is 13.3. The van der Waals surface area contributed by atoms with Crippen molar-refractivity contribution in [1.29, 1.82) is 0 Å². The summed E-state index contributed by atoms with van der Waals surface area (Å²) in [6, 6.07) is 7.54. The van der Waals surface area contributed by atoms with Gasteiger partial charge in [-0.2, -0.15) is 0 Å². The average molecular weight is 411 g/mol. The smallest absolute Gasteiger partial charge is 0.221 e. The van der Waals surface area contributed by atoms with E-state index in [9.17, 15) is 25.2 Å². The Morgan fingerprint density at radius 3 is 2.28 bits per heavy atom. The lowest BCUT2D eigenvalue weighted by Gasteiger charge is -2.42. The third-order valence-electron chi connectivity index (χ3n) is 5.13. The van der Waals surface area contributed by atoms with Crippen molar-refractivity contribution < 1.29 is 30.0 Å². The Bertz CT molecular complexity index is 637. The fourth-order valence-electron chi connectivity index (χ4n) is 3.41. The summed E-state index contributed by atoms with van der Waals surface area (Å²) in [5.41, 5.74) is 1.76. The molecule has 1 saturated heterocycles. The molecule has 1 amide bonds.